The van der Waals surface area contributed by atoms with Gasteiger partial charge in [-0.15, -0.1) is 11.3 Å². The van der Waals surface area contributed by atoms with Crippen LogP contribution in [-0.4, -0.2) is 17.3 Å². The number of nitrogens with two attached hydrogens (primary N) is 1. The van der Waals surface area contributed by atoms with E-state index in [1.807, 2.05) is 12.1 Å². The molecule has 2 aromatic heterocycles. The van der Waals surface area contributed by atoms with Crippen molar-refractivity contribution in [3.8, 4) is 27.4 Å². The lowest BCUT2D eigenvalue weighted by Gasteiger charge is -2.09. The van der Waals surface area contributed by atoms with Crippen molar-refractivity contribution in [1.29, 1.82) is 0 Å². The highest BCUT2D eigenvalue weighted by Crippen LogP contribution is 2.43. The van der Waals surface area contributed by atoms with Crippen molar-refractivity contribution in [2.45, 2.75) is 0 Å². The second-order valence-corrected chi connectivity index (χ2v) is 6.46. The van der Waals surface area contributed by atoms with Gasteiger partial charge in [-0.05, 0) is 30.3 Å². The third-order valence-electron chi connectivity index (χ3n) is 3.04. The molecular formula is C14H11Cl2N3OS. The number of aromatic amines is 1. The maximum atomic E-state index is 6.10. The highest BCUT2D eigenvalue weighted by molar-refractivity contribution is 7.19. The number of hydrogen-bond acceptors (Lipinski definition) is 4. The van der Waals surface area contributed by atoms with Crippen LogP contribution in [0.15, 0.2) is 30.3 Å². The first kappa shape index (κ1) is 14.3. The molecule has 3 rings (SSSR count). The van der Waals surface area contributed by atoms with Crippen molar-refractivity contribution in [3.63, 3.8) is 0 Å². The van der Waals surface area contributed by atoms with Gasteiger partial charge < -0.3 is 10.5 Å². The molecule has 4 nitrogen and oxygen atoms in total. The van der Waals surface area contributed by atoms with Gasteiger partial charge in [-0.25, -0.2) is 0 Å². The number of hydrogen-bond donors (Lipinski definition) is 2. The van der Waals surface area contributed by atoms with Crippen LogP contribution in [-0.2, 0) is 0 Å². The van der Waals surface area contributed by atoms with Gasteiger partial charge in [0.05, 0.1) is 27.6 Å². The zero-order valence-corrected chi connectivity index (χ0v) is 13.3. The van der Waals surface area contributed by atoms with Gasteiger partial charge in [0.2, 0.25) is 0 Å². The molecule has 0 fully saturated rings. The average molecular weight is 340 g/mol. The summed E-state index contributed by atoms with van der Waals surface area (Å²) < 4.78 is 6.09. The summed E-state index contributed by atoms with van der Waals surface area (Å²) in [6.07, 6.45) is 0. The molecule has 2 heterocycles. The molecule has 3 aromatic rings. The van der Waals surface area contributed by atoms with Crippen LogP contribution >= 0.6 is 34.5 Å². The van der Waals surface area contributed by atoms with Gasteiger partial charge in [-0.3, -0.25) is 5.10 Å². The number of ether oxygens (including phenoxy) is 1. The van der Waals surface area contributed by atoms with E-state index in [9.17, 15) is 0 Å². The lowest BCUT2D eigenvalue weighted by Crippen LogP contribution is -1.92. The Hall–Kier alpha value is -1.69. The molecule has 0 radical (unpaired) electrons. The molecular weight excluding hydrogens is 329 g/mol. The minimum Gasteiger partial charge on any atom is -0.496 e. The topological polar surface area (TPSA) is 63.9 Å². The van der Waals surface area contributed by atoms with Crippen molar-refractivity contribution >= 4 is 40.4 Å². The number of anilines is 1. The highest BCUT2D eigenvalue weighted by Gasteiger charge is 2.19. The number of aromatic nitrogens is 2. The van der Waals surface area contributed by atoms with Gasteiger partial charge >= 0.3 is 0 Å². The molecule has 0 aliphatic carbocycles. The van der Waals surface area contributed by atoms with Gasteiger partial charge in [-0.2, -0.15) is 5.10 Å². The number of nitrogens with one attached hydrogen (secondary N) is 1. The summed E-state index contributed by atoms with van der Waals surface area (Å²) >= 11 is 13.6. The highest BCUT2D eigenvalue weighted by atomic mass is 35.5. The number of halogens is 2. The van der Waals surface area contributed by atoms with Crippen LogP contribution in [0.2, 0.25) is 9.36 Å². The Bertz CT molecular complexity index is 797. The number of methoxy groups -OCH3 is 1. The van der Waals surface area contributed by atoms with E-state index in [0.717, 1.165) is 21.7 Å². The fourth-order valence-corrected chi connectivity index (χ4v) is 3.35. The fraction of sp³-hybridized carbons (Fsp3) is 0.0714. The number of nitrogen functional groups attached to an aromatic ring is 1. The Labute approximate surface area is 135 Å². The van der Waals surface area contributed by atoms with Crippen molar-refractivity contribution in [2.24, 2.45) is 0 Å². The van der Waals surface area contributed by atoms with Gasteiger partial charge in [0.15, 0.2) is 5.82 Å². The second kappa shape index (κ2) is 5.60. The zero-order valence-electron chi connectivity index (χ0n) is 11.0. The molecule has 0 bridgehead atoms. The van der Waals surface area contributed by atoms with Crippen LogP contribution in [0.5, 0.6) is 5.75 Å². The van der Waals surface area contributed by atoms with Gasteiger partial charge in [-0.1, -0.05) is 23.2 Å². The Kier molecular flexibility index (Phi) is 3.80. The van der Waals surface area contributed by atoms with E-state index in [2.05, 4.69) is 10.2 Å². The van der Waals surface area contributed by atoms with Crippen molar-refractivity contribution in [3.05, 3.63) is 39.7 Å². The van der Waals surface area contributed by atoms with Crippen LogP contribution in [0.4, 0.5) is 5.82 Å². The third kappa shape index (κ3) is 2.60. The summed E-state index contributed by atoms with van der Waals surface area (Å²) in [4.78, 5) is 0.946. The van der Waals surface area contributed by atoms with E-state index in [4.69, 9.17) is 33.7 Å². The smallest absolute Gasteiger partial charge is 0.153 e. The average Bonchev–Trinajstić information content (AvgIpc) is 3.04. The normalized spacial score (nSPS) is 10.8. The SMILES string of the molecule is COc1ccc(Cl)cc1-c1c(N)n[nH]c1-c1ccc(Cl)s1. The zero-order chi connectivity index (χ0) is 15.0. The monoisotopic (exact) mass is 339 g/mol. The molecule has 0 amide bonds. The van der Waals surface area contributed by atoms with Crippen molar-refractivity contribution < 1.29 is 4.74 Å². The standard InChI is InChI=1S/C14H11Cl2N3OS/c1-20-9-3-2-7(15)6-8(9)12-13(18-19-14(12)17)10-4-5-11(16)21-10/h2-6H,1H3,(H3,17,18,19). The molecule has 0 atom stereocenters. The fourth-order valence-electron chi connectivity index (χ4n) is 2.13. The predicted octanol–water partition coefficient (Wildman–Crippen LogP) is 4.70. The number of rotatable bonds is 3. The summed E-state index contributed by atoms with van der Waals surface area (Å²) in [7, 11) is 1.60. The predicted molar refractivity (Wildman–Crippen MR) is 88.3 cm³/mol. The van der Waals surface area contributed by atoms with Crippen LogP contribution in [0.3, 0.4) is 0 Å². The summed E-state index contributed by atoms with van der Waals surface area (Å²) in [6.45, 7) is 0. The van der Waals surface area contributed by atoms with E-state index < -0.39 is 0 Å². The van der Waals surface area contributed by atoms with Gasteiger partial charge in [0.25, 0.3) is 0 Å². The van der Waals surface area contributed by atoms with E-state index >= 15 is 0 Å². The third-order valence-corrected chi connectivity index (χ3v) is 4.53. The van der Waals surface area contributed by atoms with E-state index in [-0.39, 0.29) is 0 Å². The van der Waals surface area contributed by atoms with E-state index in [0.29, 0.717) is 20.9 Å². The summed E-state index contributed by atoms with van der Waals surface area (Å²) in [5.41, 5.74) is 8.36. The molecule has 0 saturated carbocycles. The lowest BCUT2D eigenvalue weighted by atomic mass is 10.0. The molecule has 21 heavy (non-hydrogen) atoms. The molecule has 0 saturated heterocycles. The molecule has 0 aliphatic rings. The first-order chi connectivity index (χ1) is 10.1. The van der Waals surface area contributed by atoms with Crippen molar-refractivity contribution in [2.75, 3.05) is 12.8 Å². The Balaban J connectivity index is 2.24. The first-order valence-corrected chi connectivity index (χ1v) is 7.61. The van der Waals surface area contributed by atoms with Gasteiger partial charge in [0, 0.05) is 10.6 Å². The minimum atomic E-state index is 0.384. The van der Waals surface area contributed by atoms with Crippen LogP contribution in [0, 0.1) is 0 Å². The quantitative estimate of drug-likeness (QED) is 0.726. The Morgan fingerprint density at radius 2 is 2.05 bits per heavy atom. The molecule has 0 spiro atoms. The van der Waals surface area contributed by atoms with Crippen LogP contribution < -0.4 is 10.5 Å². The Morgan fingerprint density at radius 1 is 1.24 bits per heavy atom. The van der Waals surface area contributed by atoms with Crippen LogP contribution in [0.25, 0.3) is 21.7 Å². The number of H-pyrrole nitrogens is 1. The molecule has 0 aliphatic heterocycles. The summed E-state index contributed by atoms with van der Waals surface area (Å²) in [6, 6.07) is 9.12. The first-order valence-electron chi connectivity index (χ1n) is 6.03. The largest absolute Gasteiger partial charge is 0.496 e. The van der Waals surface area contributed by atoms with E-state index in [1.54, 1.807) is 25.3 Å². The summed E-state index contributed by atoms with van der Waals surface area (Å²) in [5, 5.41) is 7.65. The number of nitrogens with zero attached hydrogens (tertiary/aromatic N) is 1. The second-order valence-electron chi connectivity index (χ2n) is 4.31. The molecule has 108 valence electrons. The van der Waals surface area contributed by atoms with Crippen molar-refractivity contribution in [1.82, 2.24) is 10.2 Å². The summed E-state index contributed by atoms with van der Waals surface area (Å²) in [5.74, 6) is 1.06. The van der Waals surface area contributed by atoms with Crippen LogP contribution in [0.1, 0.15) is 0 Å². The molecule has 3 N–H and O–H groups in total. The van der Waals surface area contributed by atoms with E-state index in [1.165, 1.54) is 11.3 Å². The molecule has 1 aromatic carbocycles. The Morgan fingerprint density at radius 3 is 2.71 bits per heavy atom. The molecule has 0 unspecified atom stereocenters. The minimum absolute atomic E-state index is 0.384. The lowest BCUT2D eigenvalue weighted by molar-refractivity contribution is 0.416. The number of benzene rings is 1. The maximum Gasteiger partial charge on any atom is 0.153 e. The molecule has 7 heteroatoms. The maximum absolute atomic E-state index is 6.10. The number of thiophene rings is 1. The van der Waals surface area contributed by atoms with Gasteiger partial charge in [0.1, 0.15) is 5.75 Å².